The highest BCUT2D eigenvalue weighted by atomic mass is 32.1. The number of hydrogen-bond acceptors (Lipinski definition) is 3. The molecule has 0 aliphatic rings. The first-order valence-electron chi connectivity index (χ1n) is 7.16. The Morgan fingerprint density at radius 2 is 2.05 bits per heavy atom. The second-order valence-corrected chi connectivity index (χ2v) is 6.22. The summed E-state index contributed by atoms with van der Waals surface area (Å²) < 4.78 is 8.08. The number of rotatable bonds is 5. The number of para-hydroxylation sites is 1. The summed E-state index contributed by atoms with van der Waals surface area (Å²) in [5.74, 6) is 0.890. The zero-order valence-electron chi connectivity index (χ0n) is 12.7. The Bertz CT molecular complexity index is 754. The maximum atomic E-state index is 6.05. The van der Waals surface area contributed by atoms with E-state index in [0.29, 0.717) is 6.61 Å². The molecule has 0 aliphatic heterocycles. The van der Waals surface area contributed by atoms with Crippen molar-refractivity contribution >= 4 is 17.0 Å². The smallest absolute Gasteiger partial charge is 0.129 e. The van der Waals surface area contributed by atoms with E-state index in [2.05, 4.69) is 36.3 Å². The molecular weight excluding hydrogens is 292 g/mol. The first-order valence-corrected chi connectivity index (χ1v) is 8.04. The average molecular weight is 310 g/mol. The van der Waals surface area contributed by atoms with Gasteiger partial charge in [0.25, 0.3) is 0 Å². The van der Waals surface area contributed by atoms with Gasteiger partial charge in [0.1, 0.15) is 12.4 Å². The number of imidazole rings is 1. The Kier molecular flexibility index (Phi) is 4.39. The molecule has 0 unspecified atom stereocenters. The first-order chi connectivity index (χ1) is 10.8. The standard InChI is InChI=1S/C18H18N2OS/c1-14(2)18(20-10-9-19-13-20)16-7-3-4-8-17(16)21-12-15-6-5-11-22-15/h3-11,13H,12H2,1-2H3. The van der Waals surface area contributed by atoms with Crippen LogP contribution in [0.15, 0.2) is 66.1 Å². The molecule has 4 heteroatoms. The molecule has 0 radical (unpaired) electrons. The second-order valence-electron chi connectivity index (χ2n) is 5.18. The van der Waals surface area contributed by atoms with Gasteiger partial charge in [-0.15, -0.1) is 11.3 Å². The number of ether oxygens (including phenoxy) is 1. The Hall–Kier alpha value is -2.33. The van der Waals surface area contributed by atoms with Crippen molar-refractivity contribution < 1.29 is 4.74 Å². The fraction of sp³-hybridized carbons (Fsp3) is 0.167. The quantitative estimate of drug-likeness (QED) is 0.675. The summed E-state index contributed by atoms with van der Waals surface area (Å²) in [6.07, 6.45) is 5.56. The van der Waals surface area contributed by atoms with Crippen molar-refractivity contribution in [1.82, 2.24) is 9.55 Å². The number of aromatic nitrogens is 2. The molecule has 0 N–H and O–H groups in total. The normalized spacial score (nSPS) is 10.5. The lowest BCUT2D eigenvalue weighted by Crippen LogP contribution is -2.02. The molecule has 0 aliphatic carbocycles. The van der Waals surface area contributed by atoms with Crippen LogP contribution in [0.3, 0.4) is 0 Å². The van der Waals surface area contributed by atoms with Gasteiger partial charge in [0.2, 0.25) is 0 Å². The number of benzene rings is 1. The van der Waals surface area contributed by atoms with E-state index in [4.69, 9.17) is 4.74 Å². The van der Waals surface area contributed by atoms with Gasteiger partial charge in [0.15, 0.2) is 0 Å². The minimum atomic E-state index is 0.592. The molecule has 3 nitrogen and oxygen atoms in total. The molecule has 2 aromatic heterocycles. The fourth-order valence-corrected chi connectivity index (χ4v) is 3.01. The van der Waals surface area contributed by atoms with Crippen molar-refractivity contribution in [1.29, 1.82) is 0 Å². The highest BCUT2D eigenvalue weighted by Crippen LogP contribution is 2.30. The van der Waals surface area contributed by atoms with Crippen LogP contribution in [-0.2, 0) is 6.61 Å². The van der Waals surface area contributed by atoms with Gasteiger partial charge in [-0.25, -0.2) is 4.98 Å². The van der Waals surface area contributed by atoms with E-state index in [9.17, 15) is 0 Å². The Balaban J connectivity index is 1.95. The van der Waals surface area contributed by atoms with Crippen molar-refractivity contribution in [3.8, 4) is 5.75 Å². The molecule has 3 aromatic rings. The summed E-state index contributed by atoms with van der Waals surface area (Å²) in [4.78, 5) is 5.38. The van der Waals surface area contributed by atoms with Crippen molar-refractivity contribution in [3.63, 3.8) is 0 Å². The Labute approximate surface area is 134 Å². The van der Waals surface area contributed by atoms with Crippen molar-refractivity contribution in [2.24, 2.45) is 0 Å². The monoisotopic (exact) mass is 310 g/mol. The van der Waals surface area contributed by atoms with Gasteiger partial charge in [0, 0.05) is 22.8 Å². The maximum Gasteiger partial charge on any atom is 0.129 e. The largest absolute Gasteiger partial charge is 0.487 e. The van der Waals surface area contributed by atoms with Crippen LogP contribution in [0.25, 0.3) is 5.70 Å². The minimum Gasteiger partial charge on any atom is -0.487 e. The van der Waals surface area contributed by atoms with Crippen LogP contribution >= 0.6 is 11.3 Å². The van der Waals surface area contributed by atoms with Gasteiger partial charge < -0.3 is 9.30 Å². The molecule has 1 aromatic carbocycles. The van der Waals surface area contributed by atoms with Crippen LogP contribution in [0, 0.1) is 0 Å². The lowest BCUT2D eigenvalue weighted by atomic mass is 10.1. The molecule has 112 valence electrons. The summed E-state index contributed by atoms with van der Waals surface area (Å²) in [5.41, 5.74) is 3.40. The average Bonchev–Trinajstić information content (AvgIpc) is 3.20. The summed E-state index contributed by atoms with van der Waals surface area (Å²) >= 11 is 1.71. The lowest BCUT2D eigenvalue weighted by molar-refractivity contribution is 0.308. The number of thiophene rings is 1. The molecule has 0 atom stereocenters. The van der Waals surface area contributed by atoms with Crippen molar-refractivity contribution in [2.45, 2.75) is 20.5 Å². The Morgan fingerprint density at radius 3 is 2.73 bits per heavy atom. The third-order valence-corrected chi connectivity index (χ3v) is 4.18. The molecule has 0 saturated carbocycles. The maximum absolute atomic E-state index is 6.05. The molecule has 0 saturated heterocycles. The SMILES string of the molecule is CC(C)=C(c1ccccc1OCc1cccs1)n1ccnc1. The second kappa shape index (κ2) is 6.62. The van der Waals surface area contributed by atoms with Gasteiger partial charge >= 0.3 is 0 Å². The van der Waals surface area contributed by atoms with Crippen LogP contribution in [0.2, 0.25) is 0 Å². The van der Waals surface area contributed by atoms with E-state index < -0.39 is 0 Å². The third kappa shape index (κ3) is 3.12. The first kappa shape index (κ1) is 14.6. The molecule has 0 fully saturated rings. The summed E-state index contributed by atoms with van der Waals surface area (Å²) in [7, 11) is 0. The summed E-state index contributed by atoms with van der Waals surface area (Å²) in [6.45, 7) is 4.80. The van der Waals surface area contributed by atoms with Crippen LogP contribution in [0.5, 0.6) is 5.75 Å². The van der Waals surface area contributed by atoms with Crippen LogP contribution in [0.4, 0.5) is 0 Å². The zero-order valence-corrected chi connectivity index (χ0v) is 13.5. The van der Waals surface area contributed by atoms with E-state index in [1.807, 2.05) is 41.4 Å². The third-order valence-electron chi connectivity index (χ3n) is 3.33. The van der Waals surface area contributed by atoms with Gasteiger partial charge in [-0.1, -0.05) is 23.8 Å². The number of allylic oxidation sites excluding steroid dienone is 1. The summed E-state index contributed by atoms with van der Waals surface area (Å²) in [5, 5.41) is 2.07. The molecule has 0 spiro atoms. The highest BCUT2D eigenvalue weighted by molar-refractivity contribution is 7.09. The topological polar surface area (TPSA) is 27.1 Å². The molecular formula is C18H18N2OS. The van der Waals surface area contributed by atoms with Crippen molar-refractivity contribution in [2.75, 3.05) is 0 Å². The predicted octanol–water partition coefficient (Wildman–Crippen LogP) is 4.82. The number of hydrogen-bond donors (Lipinski definition) is 0. The van der Waals surface area contributed by atoms with Gasteiger partial charge in [-0.3, -0.25) is 0 Å². The van der Waals surface area contributed by atoms with E-state index in [0.717, 1.165) is 17.0 Å². The molecule has 3 rings (SSSR count). The summed E-state index contributed by atoms with van der Waals surface area (Å²) in [6, 6.07) is 12.3. The zero-order chi connectivity index (χ0) is 15.4. The van der Waals surface area contributed by atoms with Gasteiger partial charge in [-0.2, -0.15) is 0 Å². The van der Waals surface area contributed by atoms with E-state index in [1.165, 1.54) is 10.5 Å². The number of nitrogens with zero attached hydrogens (tertiary/aromatic N) is 2. The van der Waals surface area contributed by atoms with Crippen LogP contribution < -0.4 is 4.74 Å². The molecule has 22 heavy (non-hydrogen) atoms. The van der Waals surface area contributed by atoms with Gasteiger partial charge in [-0.05, 0) is 37.4 Å². The van der Waals surface area contributed by atoms with Crippen LogP contribution in [0.1, 0.15) is 24.3 Å². The van der Waals surface area contributed by atoms with E-state index in [-0.39, 0.29) is 0 Å². The molecule has 0 amide bonds. The lowest BCUT2D eigenvalue weighted by Gasteiger charge is -2.16. The Morgan fingerprint density at radius 1 is 1.18 bits per heavy atom. The van der Waals surface area contributed by atoms with Gasteiger partial charge in [0.05, 0.1) is 12.0 Å². The predicted molar refractivity (Wildman–Crippen MR) is 91.0 cm³/mol. The highest BCUT2D eigenvalue weighted by Gasteiger charge is 2.12. The van der Waals surface area contributed by atoms with E-state index >= 15 is 0 Å². The van der Waals surface area contributed by atoms with Crippen molar-refractivity contribution in [3.05, 3.63) is 76.5 Å². The van der Waals surface area contributed by atoms with Crippen LogP contribution in [-0.4, -0.2) is 9.55 Å². The fourth-order valence-electron chi connectivity index (χ4n) is 2.39. The van der Waals surface area contributed by atoms with E-state index in [1.54, 1.807) is 17.5 Å². The molecule has 0 bridgehead atoms. The minimum absolute atomic E-state index is 0.592. The molecule has 2 heterocycles.